The van der Waals surface area contributed by atoms with Crippen LogP contribution in [0.2, 0.25) is 0 Å². The highest BCUT2D eigenvalue weighted by molar-refractivity contribution is 7.15. The van der Waals surface area contributed by atoms with Gasteiger partial charge in [0.05, 0.1) is 11.3 Å². The minimum atomic E-state index is -0.753. The van der Waals surface area contributed by atoms with Crippen molar-refractivity contribution in [1.82, 2.24) is 9.88 Å². The zero-order valence-corrected chi connectivity index (χ0v) is 21.3. The first kappa shape index (κ1) is 23.8. The van der Waals surface area contributed by atoms with Crippen molar-refractivity contribution >= 4 is 40.9 Å². The molecule has 0 radical (unpaired) electrons. The van der Waals surface area contributed by atoms with E-state index in [0.717, 1.165) is 63.7 Å². The maximum atomic E-state index is 13.5. The first-order chi connectivity index (χ1) is 17.3. The Labute approximate surface area is 213 Å². The molecule has 7 nitrogen and oxygen atoms in total. The van der Waals surface area contributed by atoms with Crippen molar-refractivity contribution < 1.29 is 14.4 Å². The third-order valence-corrected chi connectivity index (χ3v) is 8.23. The molecule has 1 aromatic carbocycles. The van der Waals surface area contributed by atoms with E-state index in [-0.39, 0.29) is 5.57 Å². The number of thiophene rings is 1. The van der Waals surface area contributed by atoms with E-state index in [9.17, 15) is 19.6 Å². The smallest absolute Gasteiger partial charge is 0.308 e. The van der Waals surface area contributed by atoms with Gasteiger partial charge >= 0.3 is 6.03 Å². The van der Waals surface area contributed by atoms with Gasteiger partial charge in [-0.3, -0.25) is 14.9 Å². The van der Waals surface area contributed by atoms with E-state index in [1.54, 1.807) is 29.5 Å². The van der Waals surface area contributed by atoms with Crippen LogP contribution in [0, 0.1) is 25.2 Å². The van der Waals surface area contributed by atoms with Crippen LogP contribution in [0.4, 0.5) is 10.5 Å². The van der Waals surface area contributed by atoms with Crippen molar-refractivity contribution in [3.63, 3.8) is 0 Å². The number of carbonyl (C=O) groups is 3. The first-order valence-electron chi connectivity index (χ1n) is 12.1. The van der Waals surface area contributed by atoms with E-state index < -0.39 is 17.8 Å². The number of nitrogens with one attached hydrogen (secondary N) is 1. The van der Waals surface area contributed by atoms with Crippen LogP contribution < -0.4 is 10.2 Å². The van der Waals surface area contributed by atoms with Crippen molar-refractivity contribution in [3.8, 4) is 11.1 Å². The molecule has 182 valence electrons. The Morgan fingerprint density at radius 2 is 1.89 bits per heavy atom. The highest BCUT2D eigenvalue weighted by Gasteiger charge is 2.38. The Morgan fingerprint density at radius 3 is 2.64 bits per heavy atom. The summed E-state index contributed by atoms with van der Waals surface area (Å²) in [5, 5.41) is 13.1. The van der Waals surface area contributed by atoms with Gasteiger partial charge in [-0.05, 0) is 80.9 Å². The standard InChI is InChI=1S/C28H26N4O3S/c1-4-18-9-5-7-11-23(18)32-26(34)21(25(33)30-28(32)35)14-19-13-16(2)31(17(19)3)27-22(15-29)20-10-6-8-12-24(20)36-27/h5,7,9,11,13-14H,4,6,8,10,12H2,1-3H3,(H,30,33,35)/b21-14+. The molecule has 0 bridgehead atoms. The number of imide groups is 2. The van der Waals surface area contributed by atoms with Crippen molar-refractivity contribution in [2.75, 3.05) is 4.90 Å². The fourth-order valence-corrected chi connectivity index (χ4v) is 6.58. The summed E-state index contributed by atoms with van der Waals surface area (Å²) in [4.78, 5) is 41.2. The van der Waals surface area contributed by atoms with E-state index in [4.69, 9.17) is 0 Å². The van der Waals surface area contributed by atoms with Crippen molar-refractivity contribution in [3.05, 3.63) is 74.4 Å². The normalized spacial score (nSPS) is 16.8. The molecule has 3 heterocycles. The van der Waals surface area contributed by atoms with Crippen molar-refractivity contribution in [2.45, 2.75) is 52.9 Å². The predicted molar refractivity (Wildman–Crippen MR) is 139 cm³/mol. The number of benzene rings is 1. The van der Waals surface area contributed by atoms with Crippen LogP contribution in [-0.4, -0.2) is 22.4 Å². The van der Waals surface area contributed by atoms with E-state index in [2.05, 4.69) is 11.4 Å². The molecule has 0 spiro atoms. The third-order valence-electron chi connectivity index (χ3n) is 6.95. The molecular weight excluding hydrogens is 472 g/mol. The molecule has 1 saturated heterocycles. The Morgan fingerprint density at radius 1 is 1.14 bits per heavy atom. The van der Waals surface area contributed by atoms with Crippen LogP contribution in [0.1, 0.15) is 58.3 Å². The summed E-state index contributed by atoms with van der Waals surface area (Å²) in [5.74, 6) is -1.37. The van der Waals surface area contributed by atoms with Crippen LogP contribution in [0.5, 0.6) is 0 Å². The van der Waals surface area contributed by atoms with Gasteiger partial charge in [0.15, 0.2) is 0 Å². The summed E-state index contributed by atoms with van der Waals surface area (Å²) < 4.78 is 2.04. The van der Waals surface area contributed by atoms with Gasteiger partial charge in [-0.15, -0.1) is 11.3 Å². The molecule has 1 fully saturated rings. The molecule has 0 atom stereocenters. The van der Waals surface area contributed by atoms with Gasteiger partial charge in [0.25, 0.3) is 11.8 Å². The highest BCUT2D eigenvalue weighted by Crippen LogP contribution is 2.38. The third kappa shape index (κ3) is 3.76. The monoisotopic (exact) mass is 498 g/mol. The van der Waals surface area contributed by atoms with Crippen LogP contribution in [-0.2, 0) is 28.9 Å². The summed E-state index contributed by atoms with van der Waals surface area (Å²) in [5.41, 5.74) is 5.49. The summed E-state index contributed by atoms with van der Waals surface area (Å²) in [7, 11) is 0. The average Bonchev–Trinajstić information content (AvgIpc) is 3.37. The largest absolute Gasteiger partial charge is 0.335 e. The number of nitrogens with zero attached hydrogens (tertiary/aromatic N) is 3. The number of aryl methyl sites for hydroxylation is 3. The van der Waals surface area contributed by atoms with Crippen LogP contribution in [0.25, 0.3) is 11.1 Å². The number of rotatable bonds is 4. The molecule has 36 heavy (non-hydrogen) atoms. The number of urea groups is 1. The minimum absolute atomic E-state index is 0.105. The summed E-state index contributed by atoms with van der Waals surface area (Å²) in [6, 6.07) is 10.7. The number of hydrogen-bond acceptors (Lipinski definition) is 5. The zero-order chi connectivity index (χ0) is 25.6. The molecule has 1 N–H and O–H groups in total. The fraction of sp³-hybridized carbons (Fsp3) is 0.286. The second kappa shape index (κ2) is 9.25. The molecular formula is C28H26N4O3S. The van der Waals surface area contributed by atoms with Gasteiger partial charge in [0.2, 0.25) is 0 Å². The number of hydrogen-bond donors (Lipinski definition) is 1. The molecule has 1 aliphatic heterocycles. The summed E-state index contributed by atoms with van der Waals surface area (Å²) in [6.07, 6.45) is 6.31. The molecule has 8 heteroatoms. The average molecular weight is 499 g/mol. The first-order valence-corrected chi connectivity index (χ1v) is 12.9. The van der Waals surface area contributed by atoms with Gasteiger partial charge in [-0.1, -0.05) is 25.1 Å². The Hall–Kier alpha value is -3.96. The number of para-hydroxylation sites is 1. The molecule has 3 aromatic rings. The van der Waals surface area contributed by atoms with Crippen LogP contribution in [0.15, 0.2) is 35.9 Å². The van der Waals surface area contributed by atoms with E-state index in [1.807, 2.05) is 43.5 Å². The fourth-order valence-electron chi connectivity index (χ4n) is 5.13. The van der Waals surface area contributed by atoms with Gasteiger partial charge in [-0.2, -0.15) is 5.26 Å². The number of aromatic nitrogens is 1. The zero-order valence-electron chi connectivity index (χ0n) is 20.5. The Kier molecular flexibility index (Phi) is 6.10. The molecule has 0 saturated carbocycles. The van der Waals surface area contributed by atoms with Gasteiger partial charge in [0, 0.05) is 16.3 Å². The number of nitriles is 1. The van der Waals surface area contributed by atoms with Crippen molar-refractivity contribution in [2.24, 2.45) is 0 Å². The molecule has 2 aromatic heterocycles. The Balaban J connectivity index is 1.59. The SMILES string of the molecule is CCc1ccccc1N1C(=O)NC(=O)/C(=C\c2cc(C)n(-c3sc4c(c3C#N)CCCC4)c2C)C1=O. The number of amides is 4. The number of barbiturate groups is 1. The lowest BCUT2D eigenvalue weighted by atomic mass is 9.96. The van der Waals surface area contributed by atoms with E-state index >= 15 is 0 Å². The molecule has 0 unspecified atom stereocenters. The lowest BCUT2D eigenvalue weighted by molar-refractivity contribution is -0.122. The van der Waals surface area contributed by atoms with Crippen LogP contribution >= 0.6 is 11.3 Å². The maximum absolute atomic E-state index is 13.5. The topological polar surface area (TPSA) is 95.2 Å². The minimum Gasteiger partial charge on any atom is -0.308 e. The number of carbonyl (C=O) groups excluding carboxylic acids is 3. The summed E-state index contributed by atoms with van der Waals surface area (Å²) >= 11 is 1.65. The number of fused-ring (bicyclic) bond motifs is 1. The Bertz CT molecular complexity index is 1500. The molecule has 4 amide bonds. The highest BCUT2D eigenvalue weighted by atomic mass is 32.1. The second-order valence-electron chi connectivity index (χ2n) is 9.10. The van der Waals surface area contributed by atoms with Crippen molar-refractivity contribution in [1.29, 1.82) is 5.26 Å². The van der Waals surface area contributed by atoms with Crippen LogP contribution in [0.3, 0.4) is 0 Å². The lowest BCUT2D eigenvalue weighted by Gasteiger charge is -2.27. The van der Waals surface area contributed by atoms with E-state index in [1.165, 1.54) is 4.88 Å². The second-order valence-corrected chi connectivity index (χ2v) is 10.2. The predicted octanol–water partition coefficient (Wildman–Crippen LogP) is 5.13. The van der Waals surface area contributed by atoms with Gasteiger partial charge in [0.1, 0.15) is 16.6 Å². The molecule has 1 aliphatic carbocycles. The lowest BCUT2D eigenvalue weighted by Crippen LogP contribution is -2.54. The van der Waals surface area contributed by atoms with Gasteiger partial charge < -0.3 is 4.57 Å². The van der Waals surface area contributed by atoms with Gasteiger partial charge in [-0.25, -0.2) is 9.69 Å². The number of anilines is 1. The van der Waals surface area contributed by atoms with E-state index in [0.29, 0.717) is 17.7 Å². The summed E-state index contributed by atoms with van der Waals surface area (Å²) in [6.45, 7) is 5.81. The molecule has 5 rings (SSSR count). The maximum Gasteiger partial charge on any atom is 0.335 e. The molecule has 2 aliphatic rings. The quantitative estimate of drug-likeness (QED) is 0.398.